The van der Waals surface area contributed by atoms with E-state index in [-0.39, 0.29) is 0 Å². The fourth-order valence-electron chi connectivity index (χ4n) is 4.46. The molecule has 0 aromatic heterocycles. The van der Waals surface area contributed by atoms with Gasteiger partial charge in [0.05, 0.1) is 0 Å². The van der Waals surface area contributed by atoms with E-state index in [2.05, 4.69) is 0 Å². The highest BCUT2D eigenvalue weighted by Gasteiger charge is 2.57. The molecule has 0 aliphatic carbocycles. The van der Waals surface area contributed by atoms with E-state index in [1.807, 2.05) is 30.3 Å². The van der Waals surface area contributed by atoms with E-state index in [1.165, 1.54) is 12.5 Å². The van der Waals surface area contributed by atoms with Crippen LogP contribution in [-0.4, -0.2) is 42.6 Å². The van der Waals surface area contributed by atoms with Crippen LogP contribution in [-0.2, 0) is 19.0 Å². The fraction of sp³-hybridized carbons (Fsp3) is 0.100. The van der Waals surface area contributed by atoms with E-state index in [0.717, 1.165) is 5.19 Å². The van der Waals surface area contributed by atoms with Crippen molar-refractivity contribution in [2.24, 2.45) is 0 Å². The van der Waals surface area contributed by atoms with Crippen molar-refractivity contribution in [3.63, 3.8) is 0 Å². The van der Waals surface area contributed by atoms with Gasteiger partial charge in [-0.25, -0.2) is 16.8 Å². The van der Waals surface area contributed by atoms with Gasteiger partial charge >= 0.3 is 5.99 Å². The molecule has 142 valence electrons. The molecule has 0 amide bonds. The van der Waals surface area contributed by atoms with Crippen LogP contribution in [0.4, 0.5) is 0 Å². The predicted octanol–water partition coefficient (Wildman–Crippen LogP) is -0.838. The zero-order chi connectivity index (χ0) is 20.2. The Kier molecular flexibility index (Phi) is 4.41. The maximum atomic E-state index is 13.5. The summed E-state index contributed by atoms with van der Waals surface area (Å²) in [5.74, 6) is -0.869. The third-order valence-electron chi connectivity index (χ3n) is 5.41. The van der Waals surface area contributed by atoms with Crippen LogP contribution in [0.1, 0.15) is 0 Å². The first-order valence-corrected chi connectivity index (χ1v) is 15.4. The quantitative estimate of drug-likeness (QED) is 0.513. The van der Waals surface area contributed by atoms with Gasteiger partial charge in [-0.05, 0) is 15.6 Å². The van der Waals surface area contributed by atoms with Crippen LogP contribution >= 0.6 is 0 Å². The van der Waals surface area contributed by atoms with Crippen LogP contribution in [0.2, 0.25) is 0 Å². The third-order valence-corrected chi connectivity index (χ3v) is 16.8. The standard InChI is InChI=1S/C20H19BO4S2Si/c1-26(22,23)21-17-12-6-8-14-19(17)28(27(2,24)25,16-10-4-3-5-11-16)20-15-9-7-13-18(20)21/h3-15H,1-2H3. The molecule has 0 atom stereocenters. The van der Waals surface area contributed by atoms with Gasteiger partial charge in [-0.15, -0.1) is 0 Å². The molecular formula is C20H19BO4S2Si. The number of benzene rings is 3. The lowest BCUT2D eigenvalue weighted by Crippen LogP contribution is -2.84. The molecule has 0 fully saturated rings. The minimum Gasteiger partial charge on any atom is -0.240 e. The van der Waals surface area contributed by atoms with E-state index >= 15 is 0 Å². The van der Waals surface area contributed by atoms with Crippen molar-refractivity contribution in [2.75, 3.05) is 12.5 Å². The van der Waals surface area contributed by atoms with Crippen molar-refractivity contribution in [3.8, 4) is 0 Å². The summed E-state index contributed by atoms with van der Waals surface area (Å²) < 4.78 is 52.6. The van der Waals surface area contributed by atoms with Crippen LogP contribution in [0, 0.1) is 0 Å². The van der Waals surface area contributed by atoms with Gasteiger partial charge in [0, 0.05) is 12.5 Å². The Bertz CT molecular complexity index is 1220. The van der Waals surface area contributed by atoms with Crippen LogP contribution in [0.15, 0.2) is 78.9 Å². The molecule has 1 heterocycles. The molecule has 4 rings (SSSR count). The summed E-state index contributed by atoms with van der Waals surface area (Å²) in [6.07, 6.45) is 2.49. The molecule has 0 saturated heterocycles. The van der Waals surface area contributed by atoms with Crippen LogP contribution in [0.3, 0.4) is 0 Å². The first kappa shape index (κ1) is 19.2. The second kappa shape index (κ2) is 6.44. The molecule has 0 spiro atoms. The monoisotopic (exact) mass is 426 g/mol. The van der Waals surface area contributed by atoms with Crippen molar-refractivity contribution in [1.29, 1.82) is 0 Å². The molecule has 1 aliphatic heterocycles. The highest BCUT2D eigenvalue weighted by Crippen LogP contribution is 2.17. The van der Waals surface area contributed by atoms with Crippen molar-refractivity contribution < 1.29 is 16.8 Å². The third kappa shape index (κ3) is 2.62. The second-order valence-corrected chi connectivity index (χ2v) is 18.0. The Morgan fingerprint density at radius 1 is 0.643 bits per heavy atom. The second-order valence-electron chi connectivity index (χ2n) is 7.20. The Morgan fingerprint density at radius 2 is 1.07 bits per heavy atom. The van der Waals surface area contributed by atoms with Gasteiger partial charge < -0.3 is 0 Å². The van der Waals surface area contributed by atoms with Gasteiger partial charge in [0.2, 0.25) is 0 Å². The average Bonchev–Trinajstić information content (AvgIpc) is 2.64. The number of hydrogen-bond donors (Lipinski definition) is 0. The minimum absolute atomic E-state index is 0.574. The Labute approximate surface area is 166 Å². The van der Waals surface area contributed by atoms with Crippen LogP contribution < -0.4 is 26.5 Å². The maximum absolute atomic E-state index is 13.5. The highest BCUT2D eigenvalue weighted by molar-refractivity contribution is 8.27. The molecule has 0 unspecified atom stereocenters. The van der Waals surface area contributed by atoms with Gasteiger partial charge in [-0.3, -0.25) is 0 Å². The number of rotatable bonds is 3. The molecule has 0 saturated carbocycles. The van der Waals surface area contributed by atoms with Crippen LogP contribution in [0.5, 0.6) is 0 Å². The lowest BCUT2D eigenvalue weighted by atomic mass is 9.61. The molecule has 28 heavy (non-hydrogen) atoms. The summed E-state index contributed by atoms with van der Waals surface area (Å²) in [5, 5.41) is 2.01. The summed E-state index contributed by atoms with van der Waals surface area (Å²) in [6.45, 7) is 0. The normalized spacial score (nSPS) is 15.6. The summed E-state index contributed by atoms with van der Waals surface area (Å²) in [4.78, 5) is 0. The molecule has 3 aromatic carbocycles. The Morgan fingerprint density at radius 3 is 1.50 bits per heavy atom. The topological polar surface area (TPSA) is 68.3 Å². The van der Waals surface area contributed by atoms with Crippen molar-refractivity contribution in [3.05, 3.63) is 78.9 Å². The number of hydrogen-bond acceptors (Lipinski definition) is 4. The van der Waals surface area contributed by atoms with Crippen molar-refractivity contribution in [2.45, 2.75) is 0 Å². The Balaban J connectivity index is 2.28. The summed E-state index contributed by atoms with van der Waals surface area (Å²) in [5.41, 5.74) is 1.15. The zero-order valence-electron chi connectivity index (χ0n) is 15.5. The van der Waals surface area contributed by atoms with Gasteiger partial charge in [0.25, 0.3) is 7.22 Å². The maximum Gasteiger partial charge on any atom is 0.355 e. The van der Waals surface area contributed by atoms with Crippen molar-refractivity contribution >= 4 is 58.7 Å². The smallest absolute Gasteiger partial charge is 0.240 e. The fourth-order valence-corrected chi connectivity index (χ4v) is 15.9. The molecule has 1 aliphatic rings. The average molecular weight is 426 g/mol. The van der Waals surface area contributed by atoms with Gasteiger partial charge in [-0.2, -0.15) is 0 Å². The number of fused-ring (bicyclic) bond motifs is 2. The van der Waals surface area contributed by atoms with Crippen molar-refractivity contribution in [1.82, 2.24) is 0 Å². The zero-order valence-corrected chi connectivity index (χ0v) is 18.2. The lowest BCUT2D eigenvalue weighted by molar-refractivity contribution is 0.611. The van der Waals surface area contributed by atoms with Gasteiger partial charge in [-0.1, -0.05) is 89.8 Å². The summed E-state index contributed by atoms with van der Waals surface area (Å²) in [6, 6.07) is 23.5. The molecule has 0 radical (unpaired) electrons. The minimum atomic E-state index is -3.59. The van der Waals surface area contributed by atoms with E-state index in [9.17, 15) is 16.8 Å². The van der Waals surface area contributed by atoms with E-state index < -0.39 is 32.2 Å². The molecule has 0 bridgehead atoms. The molecular weight excluding hydrogens is 407 g/mol. The van der Waals surface area contributed by atoms with Gasteiger partial charge in [0.1, 0.15) is 19.0 Å². The van der Waals surface area contributed by atoms with E-state index in [0.29, 0.717) is 21.3 Å². The van der Waals surface area contributed by atoms with E-state index in [4.69, 9.17) is 0 Å². The summed E-state index contributed by atoms with van der Waals surface area (Å²) >= 11 is 0. The molecule has 8 heteroatoms. The van der Waals surface area contributed by atoms with E-state index in [1.54, 1.807) is 48.5 Å². The summed E-state index contributed by atoms with van der Waals surface area (Å²) in [7, 11) is -10.6. The molecule has 0 N–H and O–H groups in total. The molecule has 3 aromatic rings. The molecule has 4 nitrogen and oxygen atoms in total. The van der Waals surface area contributed by atoms with Crippen LogP contribution in [0.25, 0.3) is 0 Å². The SMILES string of the molecule is CS(=O)(=O)B1c2ccccc2[Si](c2ccccc2)(S(C)(=O)=O)c2ccccc21. The lowest BCUT2D eigenvalue weighted by Gasteiger charge is -2.39. The first-order valence-electron chi connectivity index (χ1n) is 8.82. The highest BCUT2D eigenvalue weighted by atomic mass is 32.4. The van der Waals surface area contributed by atoms with Gasteiger partial charge in [0.15, 0.2) is 0 Å². The first-order chi connectivity index (χ1) is 13.2. The largest absolute Gasteiger partial charge is 0.355 e. The predicted molar refractivity (Wildman–Crippen MR) is 119 cm³/mol. The Hall–Kier alpha value is -2.16.